The van der Waals surface area contributed by atoms with Gasteiger partial charge in [-0.2, -0.15) is 0 Å². The molecule has 1 aliphatic rings. The molecule has 0 spiro atoms. The summed E-state index contributed by atoms with van der Waals surface area (Å²) in [7, 11) is 1.66. The van der Waals surface area contributed by atoms with E-state index in [1.165, 1.54) is 0 Å². The highest BCUT2D eigenvalue weighted by molar-refractivity contribution is 5.76. The molecule has 1 unspecified atom stereocenters. The number of pyridine rings is 1. The summed E-state index contributed by atoms with van der Waals surface area (Å²) in [4.78, 5) is 14.8. The van der Waals surface area contributed by atoms with Gasteiger partial charge in [0, 0.05) is 24.8 Å². The van der Waals surface area contributed by atoms with Gasteiger partial charge in [0.15, 0.2) is 0 Å². The van der Waals surface area contributed by atoms with E-state index >= 15 is 0 Å². The normalized spacial score (nSPS) is 15.8. The van der Waals surface area contributed by atoms with Crippen LogP contribution in [0, 0.1) is 0 Å². The van der Waals surface area contributed by atoms with Gasteiger partial charge in [-0.3, -0.25) is 0 Å². The number of carbonyl (C=O) groups excluding carboxylic acids is 1. The first-order chi connectivity index (χ1) is 15.7. The van der Waals surface area contributed by atoms with E-state index in [0.29, 0.717) is 13.1 Å². The van der Waals surface area contributed by atoms with Gasteiger partial charge >= 0.3 is 6.03 Å². The van der Waals surface area contributed by atoms with Gasteiger partial charge in [-0.1, -0.05) is 53.7 Å². The molecule has 32 heavy (non-hydrogen) atoms. The molecule has 1 atom stereocenters. The summed E-state index contributed by atoms with van der Waals surface area (Å²) in [5, 5.41) is 11.9. The van der Waals surface area contributed by atoms with Crippen molar-refractivity contribution in [2.24, 2.45) is 0 Å². The number of carbonyl (C=O) groups is 1. The van der Waals surface area contributed by atoms with E-state index in [2.05, 4.69) is 21.7 Å². The fourth-order valence-electron chi connectivity index (χ4n) is 4.29. The van der Waals surface area contributed by atoms with Crippen LogP contribution in [0.1, 0.15) is 30.1 Å². The number of amides is 2. The van der Waals surface area contributed by atoms with Crippen LogP contribution < -0.4 is 10.1 Å². The molecule has 1 aliphatic heterocycles. The van der Waals surface area contributed by atoms with Gasteiger partial charge in [0.05, 0.1) is 18.7 Å². The van der Waals surface area contributed by atoms with Gasteiger partial charge in [-0.15, -0.1) is 5.10 Å². The van der Waals surface area contributed by atoms with Crippen molar-refractivity contribution >= 4 is 11.5 Å². The number of urea groups is 1. The summed E-state index contributed by atoms with van der Waals surface area (Å²) in [6.45, 7) is 1.22. The van der Waals surface area contributed by atoms with Crippen LogP contribution in [-0.4, -0.2) is 39.4 Å². The molecule has 3 heterocycles. The predicted octanol–water partition coefficient (Wildman–Crippen LogP) is 4.45. The first-order valence-corrected chi connectivity index (χ1v) is 10.8. The Balaban J connectivity index is 1.37. The highest BCUT2D eigenvalue weighted by Crippen LogP contribution is 2.34. The average Bonchev–Trinajstić information content (AvgIpc) is 3.49. The molecule has 0 aliphatic carbocycles. The Kier molecular flexibility index (Phi) is 5.46. The van der Waals surface area contributed by atoms with Gasteiger partial charge < -0.3 is 15.0 Å². The molecule has 7 nitrogen and oxygen atoms in total. The van der Waals surface area contributed by atoms with Gasteiger partial charge in [0.2, 0.25) is 0 Å². The summed E-state index contributed by atoms with van der Waals surface area (Å²) in [6.07, 6.45) is 3.80. The Morgan fingerprint density at radius 2 is 1.97 bits per heavy atom. The van der Waals surface area contributed by atoms with Crippen molar-refractivity contribution in [1.82, 2.24) is 25.0 Å². The zero-order valence-electron chi connectivity index (χ0n) is 17.9. The first kappa shape index (κ1) is 20.1. The fourth-order valence-corrected chi connectivity index (χ4v) is 4.29. The Bertz CT molecular complexity index is 1240. The molecule has 1 fully saturated rings. The summed E-state index contributed by atoms with van der Waals surface area (Å²) in [6, 6.07) is 21.8. The molecule has 7 heteroatoms. The smallest absolute Gasteiger partial charge is 0.318 e. The quantitative estimate of drug-likeness (QED) is 0.511. The van der Waals surface area contributed by atoms with E-state index in [4.69, 9.17) is 4.74 Å². The van der Waals surface area contributed by atoms with Crippen LogP contribution in [0.15, 0.2) is 72.9 Å². The zero-order chi connectivity index (χ0) is 21.9. The monoisotopic (exact) mass is 427 g/mol. The Labute approximate surface area is 186 Å². The number of fused-ring (bicyclic) bond motifs is 1. The van der Waals surface area contributed by atoms with Crippen LogP contribution >= 0.6 is 0 Å². The van der Waals surface area contributed by atoms with Crippen LogP contribution in [0.25, 0.3) is 16.6 Å². The number of nitrogens with zero attached hydrogens (tertiary/aromatic N) is 4. The van der Waals surface area contributed by atoms with Crippen molar-refractivity contribution < 1.29 is 9.53 Å². The van der Waals surface area contributed by atoms with E-state index in [-0.39, 0.29) is 12.1 Å². The summed E-state index contributed by atoms with van der Waals surface area (Å²) >= 11 is 0. The Morgan fingerprint density at radius 3 is 2.81 bits per heavy atom. The zero-order valence-corrected chi connectivity index (χ0v) is 17.9. The van der Waals surface area contributed by atoms with E-state index < -0.39 is 0 Å². The molecule has 2 aromatic heterocycles. The number of rotatable bonds is 5. The lowest BCUT2D eigenvalue weighted by molar-refractivity contribution is 0.192. The van der Waals surface area contributed by atoms with E-state index in [1.807, 2.05) is 71.8 Å². The second kappa shape index (κ2) is 8.70. The summed E-state index contributed by atoms with van der Waals surface area (Å²) < 4.78 is 7.13. The van der Waals surface area contributed by atoms with E-state index in [0.717, 1.165) is 46.5 Å². The molecule has 0 saturated carbocycles. The minimum absolute atomic E-state index is 0.0643. The topological polar surface area (TPSA) is 71.8 Å². The number of benzene rings is 2. The Morgan fingerprint density at radius 1 is 1.09 bits per heavy atom. The molecule has 4 aromatic rings. The van der Waals surface area contributed by atoms with Gasteiger partial charge in [0.25, 0.3) is 0 Å². The first-order valence-electron chi connectivity index (χ1n) is 10.8. The van der Waals surface area contributed by atoms with Crippen molar-refractivity contribution in [3.8, 4) is 16.9 Å². The average molecular weight is 428 g/mol. The van der Waals surface area contributed by atoms with Crippen molar-refractivity contribution in [1.29, 1.82) is 0 Å². The van der Waals surface area contributed by atoms with Crippen LogP contribution in [0.3, 0.4) is 0 Å². The highest BCUT2D eigenvalue weighted by atomic mass is 16.5. The molecule has 2 amide bonds. The third-order valence-electron chi connectivity index (χ3n) is 5.96. The number of nitrogens with one attached hydrogen (secondary N) is 1. The summed E-state index contributed by atoms with van der Waals surface area (Å²) in [5.41, 5.74) is 4.91. The molecule has 5 rings (SSSR count). The molecular weight excluding hydrogens is 402 g/mol. The van der Waals surface area contributed by atoms with Crippen molar-refractivity contribution in [3.05, 3.63) is 84.2 Å². The van der Waals surface area contributed by atoms with Crippen LogP contribution in [0.5, 0.6) is 5.75 Å². The molecule has 1 saturated heterocycles. The minimum Gasteiger partial charge on any atom is -0.497 e. The summed E-state index contributed by atoms with van der Waals surface area (Å²) in [5.74, 6) is 0.810. The minimum atomic E-state index is -0.0778. The standard InChI is InChI=1S/C25H25N5O2/c1-32-21-10-5-9-19(15-21)20-12-13-23-24(27-28-30(23)17-20)22-11-6-14-29(22)25(31)26-16-18-7-3-2-4-8-18/h2-5,7-10,12-13,15,17,22H,6,11,14,16H2,1H3,(H,26,31). The largest absolute Gasteiger partial charge is 0.497 e. The number of ether oxygens (including phenoxy) is 1. The van der Waals surface area contributed by atoms with Crippen molar-refractivity contribution in [2.45, 2.75) is 25.4 Å². The number of hydrogen-bond donors (Lipinski definition) is 1. The SMILES string of the molecule is COc1cccc(-c2ccc3c(C4CCCN4C(=O)NCc4ccccc4)nnn3c2)c1. The Hall–Kier alpha value is -3.87. The molecule has 2 aromatic carbocycles. The number of aromatic nitrogens is 3. The molecule has 0 radical (unpaired) electrons. The molecule has 0 bridgehead atoms. The lowest BCUT2D eigenvalue weighted by Crippen LogP contribution is -2.39. The maximum absolute atomic E-state index is 12.9. The second-order valence-corrected chi connectivity index (χ2v) is 7.95. The van der Waals surface area contributed by atoms with Crippen LogP contribution in [0.2, 0.25) is 0 Å². The van der Waals surface area contributed by atoms with E-state index in [9.17, 15) is 4.79 Å². The number of hydrogen-bond acceptors (Lipinski definition) is 4. The number of likely N-dealkylation sites (tertiary alicyclic amines) is 1. The lowest BCUT2D eigenvalue weighted by atomic mass is 10.1. The van der Waals surface area contributed by atoms with Crippen LogP contribution in [-0.2, 0) is 6.54 Å². The highest BCUT2D eigenvalue weighted by Gasteiger charge is 2.33. The predicted molar refractivity (Wildman–Crippen MR) is 122 cm³/mol. The molecule has 162 valence electrons. The third-order valence-corrected chi connectivity index (χ3v) is 5.96. The molecule has 1 N–H and O–H groups in total. The van der Waals surface area contributed by atoms with Gasteiger partial charge in [-0.05, 0) is 42.2 Å². The van der Waals surface area contributed by atoms with Crippen molar-refractivity contribution in [2.75, 3.05) is 13.7 Å². The fraction of sp³-hybridized carbons (Fsp3) is 0.240. The number of methoxy groups -OCH3 is 1. The van der Waals surface area contributed by atoms with Crippen molar-refractivity contribution in [3.63, 3.8) is 0 Å². The van der Waals surface area contributed by atoms with Gasteiger partial charge in [0.1, 0.15) is 11.4 Å². The lowest BCUT2D eigenvalue weighted by Gasteiger charge is -2.23. The maximum atomic E-state index is 12.9. The second-order valence-electron chi connectivity index (χ2n) is 7.95. The maximum Gasteiger partial charge on any atom is 0.318 e. The van der Waals surface area contributed by atoms with Crippen LogP contribution in [0.4, 0.5) is 4.79 Å². The van der Waals surface area contributed by atoms with E-state index in [1.54, 1.807) is 11.6 Å². The van der Waals surface area contributed by atoms with Gasteiger partial charge in [-0.25, -0.2) is 9.31 Å². The molecular formula is C25H25N5O2. The third kappa shape index (κ3) is 3.89.